The van der Waals surface area contributed by atoms with Crippen LogP contribution >= 0.6 is 11.3 Å². The van der Waals surface area contributed by atoms with Crippen molar-refractivity contribution in [2.45, 2.75) is 19.8 Å². The van der Waals surface area contributed by atoms with Crippen LogP contribution in [0.2, 0.25) is 0 Å². The summed E-state index contributed by atoms with van der Waals surface area (Å²) >= 11 is 1.81. The first-order chi connectivity index (χ1) is 6.33. The fraction of sp³-hybridized carbons (Fsp3) is 0.556. The second kappa shape index (κ2) is 6.19. The van der Waals surface area contributed by atoms with Crippen LogP contribution in [0.5, 0.6) is 0 Å². The minimum Gasteiger partial charge on any atom is -0.298 e. The molecule has 0 fully saturated rings. The average Bonchev–Trinajstić information content (AvgIpc) is 2.64. The van der Waals surface area contributed by atoms with E-state index in [-0.39, 0.29) is 0 Å². The van der Waals surface area contributed by atoms with E-state index in [9.17, 15) is 0 Å². The molecule has 0 aliphatic heterocycles. The Kier molecular flexibility index (Phi) is 5.12. The van der Waals surface area contributed by atoms with Crippen molar-refractivity contribution < 1.29 is 0 Å². The maximum absolute atomic E-state index is 5.56. The predicted molar refractivity (Wildman–Crippen MR) is 58.8 cm³/mol. The van der Waals surface area contributed by atoms with Crippen LogP contribution in [0.3, 0.4) is 0 Å². The first kappa shape index (κ1) is 10.8. The van der Waals surface area contributed by atoms with Crippen LogP contribution in [0.25, 0.3) is 0 Å². The molecule has 1 aromatic rings. The monoisotopic (exact) mass is 194 g/mol. The molecule has 0 aliphatic rings. The first-order valence-corrected chi connectivity index (χ1v) is 5.49. The van der Waals surface area contributed by atoms with Gasteiger partial charge in [-0.05, 0) is 30.8 Å². The van der Waals surface area contributed by atoms with Gasteiger partial charge < -0.3 is 0 Å². The maximum atomic E-state index is 5.56. The zero-order valence-corrected chi connectivity index (χ0v) is 8.81. The van der Waals surface area contributed by atoms with Gasteiger partial charge in [-0.3, -0.25) is 10.3 Å². The largest absolute Gasteiger partial charge is 0.298 e. The molecule has 0 amide bonds. The van der Waals surface area contributed by atoms with Crippen molar-refractivity contribution in [3.63, 3.8) is 0 Å². The van der Waals surface area contributed by atoms with E-state index >= 15 is 0 Å². The molecule has 0 aromatic carbocycles. The third-order valence-electron chi connectivity index (χ3n) is 1.84. The Labute approximate surface area is 85.4 Å². The fourth-order valence-corrected chi connectivity index (χ4v) is 1.80. The molecule has 0 saturated heterocycles. The molecule has 70 valence electrons. The summed E-state index contributed by atoms with van der Waals surface area (Å²) in [4.78, 5) is 3.07. The lowest BCUT2D eigenvalue weighted by atomic mass is 10.2. The minimum atomic E-state index is 0.832. The SMILES string of the molecule is [B]N(CC)NCCCc1cccs1. The summed E-state index contributed by atoms with van der Waals surface area (Å²) in [6, 6.07) is 4.26. The van der Waals surface area contributed by atoms with Gasteiger partial charge in [0.2, 0.25) is 7.98 Å². The lowest BCUT2D eigenvalue weighted by Gasteiger charge is -2.15. The van der Waals surface area contributed by atoms with Crippen molar-refractivity contribution in [3.05, 3.63) is 22.4 Å². The summed E-state index contributed by atoms with van der Waals surface area (Å²) in [6.45, 7) is 3.80. The molecular weight excluding hydrogens is 179 g/mol. The van der Waals surface area contributed by atoms with Crippen LogP contribution in [0.15, 0.2) is 17.5 Å². The quantitative estimate of drug-likeness (QED) is 0.420. The summed E-state index contributed by atoms with van der Waals surface area (Å²) in [6.07, 6.45) is 2.27. The van der Waals surface area contributed by atoms with Crippen LogP contribution in [-0.4, -0.2) is 26.0 Å². The Morgan fingerprint density at radius 1 is 1.62 bits per heavy atom. The van der Waals surface area contributed by atoms with E-state index in [1.165, 1.54) is 4.88 Å². The number of hydrogen-bond donors (Lipinski definition) is 1. The molecule has 1 aromatic heterocycles. The highest BCUT2D eigenvalue weighted by Gasteiger charge is 1.94. The van der Waals surface area contributed by atoms with Crippen LogP contribution < -0.4 is 5.43 Å². The zero-order valence-electron chi connectivity index (χ0n) is 7.99. The number of aryl methyl sites for hydroxylation is 1. The summed E-state index contributed by atoms with van der Waals surface area (Å²) in [5, 5.41) is 2.12. The number of hydrazine groups is 1. The molecule has 0 aliphatic carbocycles. The normalized spacial score (nSPS) is 10.9. The number of nitrogens with zero attached hydrogens (tertiary/aromatic N) is 1. The summed E-state index contributed by atoms with van der Waals surface area (Å²) in [5.74, 6) is 0. The lowest BCUT2D eigenvalue weighted by molar-refractivity contribution is 0.348. The minimum absolute atomic E-state index is 0.832. The highest BCUT2D eigenvalue weighted by molar-refractivity contribution is 7.09. The topological polar surface area (TPSA) is 15.3 Å². The van der Waals surface area contributed by atoms with Gasteiger partial charge in [-0.1, -0.05) is 13.0 Å². The van der Waals surface area contributed by atoms with Gasteiger partial charge in [0, 0.05) is 11.4 Å². The molecule has 4 heteroatoms. The van der Waals surface area contributed by atoms with Crippen LogP contribution in [0.1, 0.15) is 18.2 Å². The number of thiophene rings is 1. The van der Waals surface area contributed by atoms with Gasteiger partial charge in [-0.15, -0.1) is 11.3 Å². The van der Waals surface area contributed by atoms with Crippen molar-refractivity contribution in [1.29, 1.82) is 0 Å². The molecule has 0 atom stereocenters. The maximum Gasteiger partial charge on any atom is 0.206 e. The van der Waals surface area contributed by atoms with Gasteiger partial charge in [-0.25, -0.2) is 0 Å². The summed E-state index contributed by atoms with van der Waals surface area (Å²) < 4.78 is 0. The van der Waals surface area contributed by atoms with Crippen molar-refractivity contribution in [1.82, 2.24) is 10.3 Å². The Bertz CT molecular complexity index is 213. The number of nitrogens with one attached hydrogen (secondary N) is 1. The second-order valence-electron chi connectivity index (χ2n) is 2.88. The molecule has 0 spiro atoms. The predicted octanol–water partition coefficient (Wildman–Crippen LogP) is 1.59. The molecule has 1 rings (SSSR count). The van der Waals surface area contributed by atoms with Crippen molar-refractivity contribution in [2.24, 2.45) is 0 Å². The number of hydrogen-bond acceptors (Lipinski definition) is 3. The molecule has 0 saturated carbocycles. The van der Waals surface area contributed by atoms with E-state index in [4.69, 9.17) is 7.98 Å². The number of rotatable bonds is 6. The van der Waals surface area contributed by atoms with E-state index in [1.54, 1.807) is 4.92 Å². The van der Waals surface area contributed by atoms with Crippen molar-refractivity contribution >= 4 is 19.3 Å². The van der Waals surface area contributed by atoms with E-state index in [0.717, 1.165) is 25.9 Å². The third kappa shape index (κ3) is 4.46. The van der Waals surface area contributed by atoms with Gasteiger partial charge >= 0.3 is 0 Å². The molecule has 0 unspecified atom stereocenters. The van der Waals surface area contributed by atoms with Crippen LogP contribution in [0, 0.1) is 0 Å². The van der Waals surface area contributed by atoms with Gasteiger partial charge in [0.05, 0.1) is 0 Å². The third-order valence-corrected chi connectivity index (χ3v) is 2.77. The average molecular weight is 194 g/mol. The smallest absolute Gasteiger partial charge is 0.206 e. The van der Waals surface area contributed by atoms with E-state index < -0.39 is 0 Å². The highest BCUT2D eigenvalue weighted by Crippen LogP contribution is 2.10. The molecule has 13 heavy (non-hydrogen) atoms. The molecule has 1 heterocycles. The Morgan fingerprint density at radius 2 is 2.46 bits per heavy atom. The van der Waals surface area contributed by atoms with Crippen LogP contribution in [0.4, 0.5) is 0 Å². The summed E-state index contributed by atoms with van der Waals surface area (Å²) in [5.41, 5.74) is 3.11. The second-order valence-corrected chi connectivity index (χ2v) is 3.91. The Morgan fingerprint density at radius 3 is 3.08 bits per heavy atom. The molecule has 0 bridgehead atoms. The standard InChI is InChI=1S/C9H15BN2S/c1-2-12(10)11-7-3-5-9-6-4-8-13-9/h4,6,8,11H,2-3,5,7H2,1H3. The van der Waals surface area contributed by atoms with Gasteiger partial charge in [0.15, 0.2) is 0 Å². The molecule has 2 radical (unpaired) electrons. The van der Waals surface area contributed by atoms with Gasteiger partial charge in [-0.2, -0.15) is 0 Å². The van der Waals surface area contributed by atoms with Gasteiger partial charge in [0.25, 0.3) is 0 Å². The zero-order chi connectivity index (χ0) is 9.52. The first-order valence-electron chi connectivity index (χ1n) is 4.61. The molecular formula is C9H15BN2S. The molecule has 1 N–H and O–H groups in total. The Hall–Kier alpha value is -0.315. The van der Waals surface area contributed by atoms with E-state index in [0.29, 0.717) is 0 Å². The lowest BCUT2D eigenvalue weighted by Crippen LogP contribution is -2.36. The van der Waals surface area contributed by atoms with Gasteiger partial charge in [0.1, 0.15) is 0 Å². The molecule has 2 nitrogen and oxygen atoms in total. The van der Waals surface area contributed by atoms with E-state index in [1.807, 2.05) is 18.3 Å². The fourth-order valence-electron chi connectivity index (χ4n) is 1.05. The van der Waals surface area contributed by atoms with Crippen LogP contribution in [-0.2, 0) is 6.42 Å². The Balaban J connectivity index is 2.02. The van der Waals surface area contributed by atoms with E-state index in [2.05, 4.69) is 22.9 Å². The van der Waals surface area contributed by atoms with Crippen molar-refractivity contribution in [2.75, 3.05) is 13.1 Å². The van der Waals surface area contributed by atoms with Crippen molar-refractivity contribution in [3.8, 4) is 0 Å². The highest BCUT2D eigenvalue weighted by atomic mass is 32.1. The summed E-state index contributed by atoms with van der Waals surface area (Å²) in [7, 11) is 5.56.